The first-order valence-electron chi connectivity index (χ1n) is 8.49. The predicted molar refractivity (Wildman–Crippen MR) is 95.9 cm³/mol. The third-order valence-electron chi connectivity index (χ3n) is 6.21. The maximum atomic E-state index is 10.6. The van der Waals surface area contributed by atoms with Gasteiger partial charge >= 0.3 is 0 Å². The van der Waals surface area contributed by atoms with E-state index in [0.29, 0.717) is 11.5 Å². The lowest BCUT2D eigenvalue weighted by molar-refractivity contribution is 0.110. The number of benzene rings is 1. The SMILES string of the molecule is COC1=C2Oc3c(OC)cc(Br)c4c3C23CCN(C)C(C4)C3=CC1O. The molecule has 2 heterocycles. The van der Waals surface area contributed by atoms with Crippen LogP contribution in [0.4, 0.5) is 0 Å². The van der Waals surface area contributed by atoms with Crippen LogP contribution in [0.25, 0.3) is 0 Å². The molecule has 0 radical (unpaired) electrons. The lowest BCUT2D eigenvalue weighted by Gasteiger charge is -2.51. The summed E-state index contributed by atoms with van der Waals surface area (Å²) in [5.74, 6) is 2.73. The first kappa shape index (κ1) is 15.7. The van der Waals surface area contributed by atoms with E-state index < -0.39 is 6.10 Å². The zero-order valence-electron chi connectivity index (χ0n) is 14.4. The molecule has 5 nitrogen and oxygen atoms in total. The highest BCUT2D eigenvalue weighted by atomic mass is 79.9. The predicted octanol–water partition coefficient (Wildman–Crippen LogP) is 2.51. The molecule has 1 spiro atoms. The molecule has 1 fully saturated rings. The van der Waals surface area contributed by atoms with E-state index in [2.05, 4.69) is 27.9 Å². The summed E-state index contributed by atoms with van der Waals surface area (Å²) in [6.07, 6.45) is 2.99. The molecule has 132 valence electrons. The van der Waals surface area contributed by atoms with Crippen LogP contribution in [-0.2, 0) is 16.6 Å². The van der Waals surface area contributed by atoms with Gasteiger partial charge in [0.05, 0.1) is 19.6 Å². The summed E-state index contributed by atoms with van der Waals surface area (Å²) in [5, 5.41) is 10.6. The van der Waals surface area contributed by atoms with Gasteiger partial charge in [0.1, 0.15) is 6.10 Å². The van der Waals surface area contributed by atoms with Crippen molar-refractivity contribution in [1.29, 1.82) is 0 Å². The summed E-state index contributed by atoms with van der Waals surface area (Å²) in [6.45, 7) is 0.968. The molecule has 25 heavy (non-hydrogen) atoms. The van der Waals surface area contributed by atoms with E-state index in [1.165, 1.54) is 16.7 Å². The molecule has 2 bridgehead atoms. The van der Waals surface area contributed by atoms with Crippen LogP contribution in [0.1, 0.15) is 17.5 Å². The molecule has 2 aliphatic heterocycles. The Morgan fingerprint density at radius 2 is 2.16 bits per heavy atom. The van der Waals surface area contributed by atoms with E-state index in [-0.39, 0.29) is 11.5 Å². The van der Waals surface area contributed by atoms with Crippen molar-refractivity contribution in [3.05, 3.63) is 44.8 Å². The summed E-state index contributed by atoms with van der Waals surface area (Å²) in [4.78, 5) is 2.37. The Hall–Kier alpha value is -1.50. The van der Waals surface area contributed by atoms with Gasteiger partial charge in [-0.1, -0.05) is 15.9 Å². The average molecular weight is 406 g/mol. The van der Waals surface area contributed by atoms with E-state index >= 15 is 0 Å². The molecule has 2 aliphatic carbocycles. The lowest BCUT2D eigenvalue weighted by atomic mass is 9.58. The Morgan fingerprint density at radius 3 is 2.88 bits per heavy atom. The van der Waals surface area contributed by atoms with Crippen LogP contribution in [-0.4, -0.2) is 50.0 Å². The summed E-state index contributed by atoms with van der Waals surface area (Å²) in [7, 11) is 5.40. The number of halogens is 1. The van der Waals surface area contributed by atoms with Gasteiger partial charge in [0.25, 0.3) is 0 Å². The number of rotatable bonds is 2. The van der Waals surface area contributed by atoms with Crippen molar-refractivity contribution < 1.29 is 19.3 Å². The van der Waals surface area contributed by atoms with Gasteiger partial charge in [-0.15, -0.1) is 0 Å². The summed E-state index contributed by atoms with van der Waals surface area (Å²) < 4.78 is 18.6. The van der Waals surface area contributed by atoms with Crippen LogP contribution < -0.4 is 9.47 Å². The zero-order chi connectivity index (χ0) is 17.5. The lowest BCUT2D eigenvalue weighted by Crippen LogP contribution is -2.55. The van der Waals surface area contributed by atoms with Crippen LogP contribution in [0.5, 0.6) is 11.5 Å². The molecule has 1 aromatic carbocycles. The highest BCUT2D eigenvalue weighted by Crippen LogP contribution is 2.64. The van der Waals surface area contributed by atoms with Gasteiger partial charge in [-0.2, -0.15) is 0 Å². The number of methoxy groups -OCH3 is 2. The smallest absolute Gasteiger partial charge is 0.173 e. The fourth-order valence-electron chi connectivity index (χ4n) is 5.10. The molecule has 0 amide bonds. The molecule has 1 N–H and O–H groups in total. The Morgan fingerprint density at radius 1 is 1.36 bits per heavy atom. The molecular formula is C19H20BrNO4. The molecule has 3 unspecified atom stereocenters. The largest absolute Gasteiger partial charge is 0.494 e. The first-order valence-corrected chi connectivity index (χ1v) is 9.29. The molecule has 1 aromatic rings. The number of likely N-dealkylation sites (N-methyl/N-ethyl adjacent to an activating group) is 1. The molecule has 4 aliphatic rings. The monoisotopic (exact) mass is 405 g/mol. The van der Waals surface area contributed by atoms with Crippen molar-refractivity contribution in [1.82, 2.24) is 4.90 Å². The number of likely N-dealkylation sites (tertiary alicyclic amines) is 1. The van der Waals surface area contributed by atoms with Crippen molar-refractivity contribution in [3.63, 3.8) is 0 Å². The molecule has 1 saturated heterocycles. The van der Waals surface area contributed by atoms with Crippen LogP contribution in [0.2, 0.25) is 0 Å². The topological polar surface area (TPSA) is 51.2 Å². The minimum atomic E-state index is -0.776. The van der Waals surface area contributed by atoms with Crippen LogP contribution in [0.15, 0.2) is 33.7 Å². The van der Waals surface area contributed by atoms with Gasteiger partial charge in [-0.05, 0) is 43.2 Å². The van der Waals surface area contributed by atoms with Gasteiger partial charge < -0.3 is 19.3 Å². The van der Waals surface area contributed by atoms with Gasteiger partial charge in [0, 0.05) is 22.6 Å². The fourth-order valence-corrected chi connectivity index (χ4v) is 5.67. The summed E-state index contributed by atoms with van der Waals surface area (Å²) >= 11 is 3.74. The number of piperidine rings is 1. The van der Waals surface area contributed by atoms with Crippen molar-refractivity contribution >= 4 is 15.9 Å². The number of aliphatic hydroxyl groups is 1. The van der Waals surface area contributed by atoms with Crippen molar-refractivity contribution in [2.45, 2.75) is 30.4 Å². The van der Waals surface area contributed by atoms with E-state index in [0.717, 1.165) is 35.4 Å². The second-order valence-electron chi connectivity index (χ2n) is 7.17. The number of allylic oxidation sites excluding steroid dienone is 1. The molecule has 6 heteroatoms. The zero-order valence-corrected chi connectivity index (χ0v) is 16.0. The molecule has 5 rings (SSSR count). The quantitative estimate of drug-likeness (QED) is 0.766. The number of ether oxygens (including phenoxy) is 3. The van der Waals surface area contributed by atoms with Crippen molar-refractivity contribution in [2.24, 2.45) is 0 Å². The molecule has 3 atom stereocenters. The Kier molecular flexibility index (Phi) is 3.16. The maximum absolute atomic E-state index is 10.6. The second-order valence-corrected chi connectivity index (χ2v) is 8.02. The van der Waals surface area contributed by atoms with Gasteiger partial charge in [-0.3, -0.25) is 4.90 Å². The van der Waals surface area contributed by atoms with E-state index in [9.17, 15) is 5.11 Å². The highest BCUT2D eigenvalue weighted by molar-refractivity contribution is 9.10. The summed E-state index contributed by atoms with van der Waals surface area (Å²) in [5.41, 5.74) is 3.34. The van der Waals surface area contributed by atoms with Gasteiger partial charge in [-0.25, -0.2) is 0 Å². The normalized spacial score (nSPS) is 32.1. The van der Waals surface area contributed by atoms with Crippen LogP contribution >= 0.6 is 15.9 Å². The second kappa shape index (κ2) is 5.02. The number of hydrogen-bond acceptors (Lipinski definition) is 5. The van der Waals surface area contributed by atoms with Gasteiger partial charge in [0.2, 0.25) is 0 Å². The minimum Gasteiger partial charge on any atom is -0.494 e. The Bertz CT molecular complexity index is 861. The molecular weight excluding hydrogens is 386 g/mol. The number of aliphatic hydroxyl groups excluding tert-OH is 1. The maximum Gasteiger partial charge on any atom is 0.173 e. The Labute approximate surface area is 155 Å². The molecule has 0 aromatic heterocycles. The summed E-state index contributed by atoms with van der Waals surface area (Å²) in [6, 6.07) is 2.24. The highest BCUT2D eigenvalue weighted by Gasteiger charge is 2.61. The third kappa shape index (κ3) is 1.70. The fraction of sp³-hybridized carbons (Fsp3) is 0.474. The standard InChI is InChI=1S/C19H20BrNO4/c1-21-5-4-19-10-7-13(22)16(24-3)18(19)25-17-14(23-2)8-11(20)9(15(17)19)6-12(10)21/h7-8,12-13,22H,4-6H2,1-3H3. The number of hydrogen-bond donors (Lipinski definition) is 1. The Balaban J connectivity index is 1.90. The van der Waals surface area contributed by atoms with Crippen molar-refractivity contribution in [2.75, 3.05) is 27.8 Å². The minimum absolute atomic E-state index is 0.253. The van der Waals surface area contributed by atoms with Crippen LogP contribution in [0, 0.1) is 0 Å². The molecule has 0 saturated carbocycles. The van der Waals surface area contributed by atoms with E-state index in [4.69, 9.17) is 14.2 Å². The first-order chi connectivity index (χ1) is 12.0. The van der Waals surface area contributed by atoms with Gasteiger partial charge in [0.15, 0.2) is 23.0 Å². The van der Waals surface area contributed by atoms with E-state index in [1.807, 2.05) is 12.1 Å². The average Bonchev–Trinajstić information content (AvgIpc) is 2.93. The third-order valence-corrected chi connectivity index (χ3v) is 6.92. The van der Waals surface area contributed by atoms with Crippen LogP contribution in [0.3, 0.4) is 0 Å². The number of nitrogens with zero attached hydrogens (tertiary/aromatic N) is 1. The van der Waals surface area contributed by atoms with E-state index in [1.54, 1.807) is 14.2 Å². The van der Waals surface area contributed by atoms with Crippen molar-refractivity contribution in [3.8, 4) is 11.5 Å².